The lowest BCUT2D eigenvalue weighted by atomic mass is 10.1. The van der Waals surface area contributed by atoms with Gasteiger partial charge in [0.15, 0.2) is 5.16 Å². The van der Waals surface area contributed by atoms with Gasteiger partial charge in [0.2, 0.25) is 5.91 Å². The number of hydrogen-bond donors (Lipinski definition) is 0. The summed E-state index contributed by atoms with van der Waals surface area (Å²) in [5.74, 6) is -0.387. The molecule has 0 radical (unpaired) electrons. The van der Waals surface area contributed by atoms with Crippen molar-refractivity contribution >= 4 is 17.7 Å². The summed E-state index contributed by atoms with van der Waals surface area (Å²) in [4.78, 5) is 15.1. The molecule has 3 aromatic rings. The van der Waals surface area contributed by atoms with E-state index in [4.69, 9.17) is 4.74 Å². The van der Waals surface area contributed by atoms with E-state index >= 15 is 0 Å². The lowest BCUT2D eigenvalue weighted by Gasteiger charge is -2.30. The molecule has 0 saturated carbocycles. The molecule has 8 heteroatoms. The van der Waals surface area contributed by atoms with Gasteiger partial charge in [0.05, 0.1) is 18.9 Å². The molecule has 1 saturated heterocycles. The van der Waals surface area contributed by atoms with Crippen molar-refractivity contribution in [1.29, 1.82) is 0 Å². The summed E-state index contributed by atoms with van der Waals surface area (Å²) < 4.78 is 21.2. The molecule has 0 aliphatic carbocycles. The number of benzene rings is 2. The predicted molar refractivity (Wildman–Crippen MR) is 104 cm³/mol. The van der Waals surface area contributed by atoms with Crippen LogP contribution in [0.1, 0.15) is 10.8 Å². The zero-order valence-corrected chi connectivity index (χ0v) is 15.9. The van der Waals surface area contributed by atoms with Gasteiger partial charge in [0.25, 0.3) is 0 Å². The summed E-state index contributed by atoms with van der Waals surface area (Å²) in [6.07, 6.45) is 1.46. The van der Waals surface area contributed by atoms with Crippen LogP contribution in [-0.2, 0) is 9.53 Å². The second kappa shape index (κ2) is 8.53. The summed E-state index contributed by atoms with van der Waals surface area (Å²) >= 11 is 1.27. The van der Waals surface area contributed by atoms with E-state index in [2.05, 4.69) is 10.2 Å². The SMILES string of the molecule is O=C([C@@H](Sc1nncn1-c1ccccc1F)c1ccccc1)N1CCOCC1. The number of morpholine rings is 1. The van der Waals surface area contributed by atoms with E-state index in [9.17, 15) is 9.18 Å². The largest absolute Gasteiger partial charge is 0.378 e. The molecule has 1 aliphatic rings. The Balaban J connectivity index is 1.67. The van der Waals surface area contributed by atoms with Gasteiger partial charge in [-0.25, -0.2) is 4.39 Å². The summed E-state index contributed by atoms with van der Waals surface area (Å²) in [5, 5.41) is 8.03. The minimum Gasteiger partial charge on any atom is -0.378 e. The van der Waals surface area contributed by atoms with E-state index in [1.807, 2.05) is 30.3 Å². The highest BCUT2D eigenvalue weighted by molar-refractivity contribution is 8.00. The molecule has 1 fully saturated rings. The van der Waals surface area contributed by atoms with E-state index in [0.717, 1.165) is 5.56 Å². The molecule has 28 heavy (non-hydrogen) atoms. The van der Waals surface area contributed by atoms with Crippen LogP contribution in [0.15, 0.2) is 66.1 Å². The van der Waals surface area contributed by atoms with Crippen LogP contribution in [0.5, 0.6) is 0 Å². The summed E-state index contributed by atoms with van der Waals surface area (Å²) in [7, 11) is 0. The third kappa shape index (κ3) is 3.93. The minimum atomic E-state index is -0.506. The average Bonchev–Trinajstić information content (AvgIpc) is 3.21. The molecule has 4 rings (SSSR count). The van der Waals surface area contributed by atoms with Gasteiger partial charge in [-0.15, -0.1) is 10.2 Å². The van der Waals surface area contributed by atoms with Gasteiger partial charge in [-0.05, 0) is 17.7 Å². The Labute approximate surface area is 166 Å². The van der Waals surface area contributed by atoms with Gasteiger partial charge in [0.1, 0.15) is 17.4 Å². The highest BCUT2D eigenvalue weighted by Gasteiger charge is 2.30. The van der Waals surface area contributed by atoms with Crippen molar-refractivity contribution in [2.45, 2.75) is 10.4 Å². The Bertz CT molecular complexity index is 944. The molecule has 1 amide bonds. The molecule has 0 bridgehead atoms. The van der Waals surface area contributed by atoms with Crippen LogP contribution < -0.4 is 0 Å². The van der Waals surface area contributed by atoms with Crippen LogP contribution in [0.25, 0.3) is 5.69 Å². The third-order valence-electron chi connectivity index (χ3n) is 4.50. The maximum absolute atomic E-state index is 14.3. The molecule has 1 aromatic heterocycles. The molecule has 0 spiro atoms. The molecule has 1 aliphatic heterocycles. The van der Waals surface area contributed by atoms with E-state index in [-0.39, 0.29) is 11.7 Å². The van der Waals surface area contributed by atoms with Gasteiger partial charge in [0, 0.05) is 13.1 Å². The molecule has 144 valence electrons. The van der Waals surface area contributed by atoms with E-state index in [0.29, 0.717) is 37.1 Å². The lowest BCUT2D eigenvalue weighted by molar-refractivity contribution is -0.134. The van der Waals surface area contributed by atoms with Crippen LogP contribution in [-0.4, -0.2) is 51.9 Å². The topological polar surface area (TPSA) is 60.2 Å². The number of carbonyl (C=O) groups excluding carboxylic acids is 1. The van der Waals surface area contributed by atoms with E-state index in [1.54, 1.807) is 27.7 Å². The van der Waals surface area contributed by atoms with Crippen molar-refractivity contribution in [1.82, 2.24) is 19.7 Å². The predicted octanol–water partition coefficient (Wildman–Crippen LogP) is 3.10. The highest BCUT2D eigenvalue weighted by atomic mass is 32.2. The molecular weight excluding hydrogens is 379 g/mol. The number of hydrogen-bond acceptors (Lipinski definition) is 5. The summed E-state index contributed by atoms with van der Waals surface area (Å²) in [5.41, 5.74) is 1.22. The van der Waals surface area contributed by atoms with Crippen LogP contribution >= 0.6 is 11.8 Å². The quantitative estimate of drug-likeness (QED) is 0.618. The normalized spacial score (nSPS) is 15.4. The Morgan fingerprint density at radius 1 is 1.07 bits per heavy atom. The number of amides is 1. The van der Waals surface area contributed by atoms with Crippen LogP contribution in [0.2, 0.25) is 0 Å². The number of para-hydroxylation sites is 1. The molecule has 0 unspecified atom stereocenters. The number of halogens is 1. The number of nitrogens with zero attached hydrogens (tertiary/aromatic N) is 4. The van der Waals surface area contributed by atoms with E-state index in [1.165, 1.54) is 24.2 Å². The molecule has 1 atom stereocenters. The first kappa shape index (κ1) is 18.6. The first-order chi connectivity index (χ1) is 13.7. The minimum absolute atomic E-state index is 0.0115. The standard InChI is InChI=1S/C20H19FN4O2S/c21-16-8-4-5-9-17(16)25-14-22-23-20(25)28-18(15-6-2-1-3-7-15)19(26)24-10-12-27-13-11-24/h1-9,14,18H,10-13H2/t18-/m0/s1. The number of rotatable bonds is 5. The average molecular weight is 398 g/mol. The Hall–Kier alpha value is -2.71. The number of carbonyl (C=O) groups is 1. The van der Waals surface area contributed by atoms with Gasteiger partial charge >= 0.3 is 0 Å². The number of ether oxygens (including phenoxy) is 1. The first-order valence-corrected chi connectivity index (χ1v) is 9.85. The zero-order valence-electron chi connectivity index (χ0n) is 15.1. The number of aromatic nitrogens is 3. The lowest BCUT2D eigenvalue weighted by Crippen LogP contribution is -2.42. The van der Waals surface area contributed by atoms with Crippen LogP contribution in [0.4, 0.5) is 4.39 Å². The zero-order chi connectivity index (χ0) is 19.3. The summed E-state index contributed by atoms with van der Waals surface area (Å²) in [6.45, 7) is 2.18. The molecular formula is C20H19FN4O2S. The fourth-order valence-corrected chi connectivity index (χ4v) is 4.17. The Morgan fingerprint density at radius 3 is 2.54 bits per heavy atom. The molecule has 6 nitrogen and oxygen atoms in total. The van der Waals surface area contributed by atoms with Crippen molar-refractivity contribution in [2.24, 2.45) is 0 Å². The van der Waals surface area contributed by atoms with Crippen molar-refractivity contribution in [3.05, 3.63) is 72.3 Å². The first-order valence-electron chi connectivity index (χ1n) is 8.97. The Morgan fingerprint density at radius 2 is 1.79 bits per heavy atom. The van der Waals surface area contributed by atoms with Gasteiger partial charge in [-0.3, -0.25) is 9.36 Å². The monoisotopic (exact) mass is 398 g/mol. The fourth-order valence-electron chi connectivity index (χ4n) is 3.06. The maximum Gasteiger partial charge on any atom is 0.240 e. The van der Waals surface area contributed by atoms with Crippen molar-refractivity contribution < 1.29 is 13.9 Å². The second-order valence-electron chi connectivity index (χ2n) is 6.28. The molecule has 0 N–H and O–H groups in total. The van der Waals surface area contributed by atoms with E-state index < -0.39 is 5.25 Å². The van der Waals surface area contributed by atoms with Gasteiger partial charge in [-0.2, -0.15) is 0 Å². The maximum atomic E-state index is 14.3. The Kier molecular flexibility index (Phi) is 5.68. The third-order valence-corrected chi connectivity index (χ3v) is 5.70. The van der Waals surface area contributed by atoms with Gasteiger partial charge < -0.3 is 9.64 Å². The highest BCUT2D eigenvalue weighted by Crippen LogP contribution is 2.37. The molecule has 2 aromatic carbocycles. The summed E-state index contributed by atoms with van der Waals surface area (Å²) in [6, 6.07) is 16.0. The molecule has 2 heterocycles. The van der Waals surface area contributed by atoms with Crippen molar-refractivity contribution in [3.63, 3.8) is 0 Å². The van der Waals surface area contributed by atoms with Crippen LogP contribution in [0.3, 0.4) is 0 Å². The smallest absolute Gasteiger partial charge is 0.240 e. The van der Waals surface area contributed by atoms with Crippen molar-refractivity contribution in [2.75, 3.05) is 26.3 Å². The van der Waals surface area contributed by atoms with Gasteiger partial charge in [-0.1, -0.05) is 54.2 Å². The number of thioether (sulfide) groups is 1. The second-order valence-corrected chi connectivity index (χ2v) is 7.35. The van der Waals surface area contributed by atoms with Crippen molar-refractivity contribution in [3.8, 4) is 5.69 Å². The van der Waals surface area contributed by atoms with Crippen LogP contribution in [0, 0.1) is 5.82 Å². The fraction of sp³-hybridized carbons (Fsp3) is 0.250.